The molecule has 4 aromatic rings. The molecular formula is C24H26N4O2. The Morgan fingerprint density at radius 3 is 2.50 bits per heavy atom. The molecule has 0 spiro atoms. The molecule has 2 aromatic carbocycles. The summed E-state index contributed by atoms with van der Waals surface area (Å²) in [6.07, 6.45) is 2.81. The first-order valence-corrected chi connectivity index (χ1v) is 10.3. The van der Waals surface area contributed by atoms with Gasteiger partial charge in [-0.1, -0.05) is 44.2 Å². The standard InChI is InChI=1S/C15H17N3O2.C9H9N/c1-9(2)7-12-14-17-11-6-4-3-5-10(11)15(20)18(14)8-13(19)16-12;1-7-6-10-9-5-3-2-4-8(7)9/h3-6,9,12H,7-8H2,1-2H3,(H,16,19);2-6,10H,1H3. The normalized spacial score (nSPS) is 15.6. The fourth-order valence-electron chi connectivity index (χ4n) is 3.90. The lowest BCUT2D eigenvalue weighted by atomic mass is 10.0. The van der Waals surface area contributed by atoms with Gasteiger partial charge in [0.2, 0.25) is 5.91 Å². The van der Waals surface area contributed by atoms with E-state index in [2.05, 4.69) is 54.3 Å². The summed E-state index contributed by atoms with van der Waals surface area (Å²) in [5.41, 5.74) is 3.10. The highest BCUT2D eigenvalue weighted by atomic mass is 16.2. The quantitative estimate of drug-likeness (QED) is 0.530. The summed E-state index contributed by atoms with van der Waals surface area (Å²) in [7, 11) is 0. The molecule has 1 amide bonds. The Morgan fingerprint density at radius 2 is 1.77 bits per heavy atom. The van der Waals surface area contributed by atoms with Gasteiger partial charge in [-0.05, 0) is 43.0 Å². The van der Waals surface area contributed by atoms with Crippen LogP contribution in [0.15, 0.2) is 59.5 Å². The fourth-order valence-corrected chi connectivity index (χ4v) is 3.90. The Bertz CT molecular complexity index is 1270. The highest BCUT2D eigenvalue weighted by Gasteiger charge is 2.28. The Balaban J connectivity index is 0.000000181. The number of carbonyl (C=O) groups is 1. The van der Waals surface area contributed by atoms with Gasteiger partial charge < -0.3 is 10.3 Å². The van der Waals surface area contributed by atoms with Gasteiger partial charge in [0.1, 0.15) is 12.4 Å². The molecule has 0 radical (unpaired) electrons. The summed E-state index contributed by atoms with van der Waals surface area (Å²) in [6, 6.07) is 15.4. The van der Waals surface area contributed by atoms with Crippen molar-refractivity contribution in [2.45, 2.75) is 39.8 Å². The summed E-state index contributed by atoms with van der Waals surface area (Å²) in [5, 5.41) is 4.82. The smallest absolute Gasteiger partial charge is 0.261 e. The van der Waals surface area contributed by atoms with Crippen LogP contribution in [0, 0.1) is 12.8 Å². The van der Waals surface area contributed by atoms with E-state index in [1.807, 2.05) is 30.5 Å². The number of aromatic nitrogens is 3. The Labute approximate surface area is 175 Å². The zero-order valence-electron chi connectivity index (χ0n) is 17.5. The lowest BCUT2D eigenvalue weighted by molar-refractivity contribution is -0.123. The highest BCUT2D eigenvalue weighted by Crippen LogP contribution is 2.23. The van der Waals surface area contributed by atoms with Crippen LogP contribution in [-0.2, 0) is 11.3 Å². The first kappa shape index (κ1) is 19.9. The summed E-state index contributed by atoms with van der Waals surface area (Å²) in [5.74, 6) is 0.958. The van der Waals surface area contributed by atoms with Crippen LogP contribution in [0.3, 0.4) is 0 Å². The molecule has 6 nitrogen and oxygen atoms in total. The number of nitrogens with one attached hydrogen (secondary N) is 2. The van der Waals surface area contributed by atoms with Gasteiger partial charge in [0.25, 0.3) is 5.56 Å². The number of fused-ring (bicyclic) bond motifs is 3. The lowest BCUT2D eigenvalue weighted by Crippen LogP contribution is -2.44. The zero-order chi connectivity index (χ0) is 21.3. The fraction of sp³-hybridized carbons (Fsp3) is 0.292. The predicted octanol–water partition coefficient (Wildman–Crippen LogP) is 4.09. The van der Waals surface area contributed by atoms with Crippen molar-refractivity contribution in [1.82, 2.24) is 19.9 Å². The van der Waals surface area contributed by atoms with Crippen LogP contribution in [-0.4, -0.2) is 20.4 Å². The molecule has 1 aliphatic rings. The van der Waals surface area contributed by atoms with Crippen LogP contribution in [0.2, 0.25) is 0 Å². The third-order valence-electron chi connectivity index (χ3n) is 5.34. The van der Waals surface area contributed by atoms with Crippen molar-refractivity contribution in [3.8, 4) is 0 Å². The van der Waals surface area contributed by atoms with Gasteiger partial charge in [0.15, 0.2) is 0 Å². The van der Waals surface area contributed by atoms with E-state index in [0.717, 1.165) is 6.42 Å². The Kier molecular flexibility index (Phi) is 5.40. The molecule has 1 atom stereocenters. The molecule has 6 heteroatoms. The lowest BCUT2D eigenvalue weighted by Gasteiger charge is -2.28. The number of carbonyl (C=O) groups excluding carboxylic acids is 1. The number of para-hydroxylation sites is 2. The molecule has 0 aliphatic carbocycles. The first-order valence-electron chi connectivity index (χ1n) is 10.3. The number of H-pyrrole nitrogens is 1. The van der Waals surface area contributed by atoms with Gasteiger partial charge >= 0.3 is 0 Å². The van der Waals surface area contributed by atoms with Crippen LogP contribution in [0.1, 0.15) is 37.7 Å². The second-order valence-electron chi connectivity index (χ2n) is 8.15. The van der Waals surface area contributed by atoms with Crippen molar-refractivity contribution in [2.75, 3.05) is 0 Å². The number of rotatable bonds is 2. The van der Waals surface area contributed by atoms with Gasteiger partial charge in [0.05, 0.1) is 16.9 Å². The van der Waals surface area contributed by atoms with E-state index in [0.29, 0.717) is 22.6 Å². The van der Waals surface area contributed by atoms with E-state index in [4.69, 9.17) is 0 Å². The predicted molar refractivity (Wildman–Crippen MR) is 119 cm³/mol. The second-order valence-corrected chi connectivity index (χ2v) is 8.15. The number of benzene rings is 2. The van der Waals surface area contributed by atoms with Crippen LogP contribution < -0.4 is 10.9 Å². The number of aryl methyl sites for hydroxylation is 1. The summed E-state index contributed by atoms with van der Waals surface area (Å²) in [4.78, 5) is 32.1. The van der Waals surface area contributed by atoms with Crippen molar-refractivity contribution < 1.29 is 4.79 Å². The molecule has 2 aromatic heterocycles. The number of amides is 1. The topological polar surface area (TPSA) is 79.8 Å². The molecule has 0 saturated carbocycles. The number of hydrogen-bond acceptors (Lipinski definition) is 3. The van der Waals surface area contributed by atoms with Gasteiger partial charge in [-0.2, -0.15) is 0 Å². The number of nitrogens with zero attached hydrogens (tertiary/aromatic N) is 2. The van der Waals surface area contributed by atoms with E-state index < -0.39 is 0 Å². The molecular weight excluding hydrogens is 376 g/mol. The average molecular weight is 402 g/mol. The summed E-state index contributed by atoms with van der Waals surface area (Å²) in [6.45, 7) is 6.34. The third-order valence-corrected chi connectivity index (χ3v) is 5.34. The first-order chi connectivity index (χ1) is 14.4. The van der Waals surface area contributed by atoms with E-state index in [9.17, 15) is 9.59 Å². The molecule has 2 N–H and O–H groups in total. The Morgan fingerprint density at radius 1 is 1.07 bits per heavy atom. The van der Waals surface area contributed by atoms with E-state index in [1.165, 1.54) is 21.0 Å². The minimum Gasteiger partial charge on any atom is -0.361 e. The number of hydrogen-bond donors (Lipinski definition) is 2. The molecule has 1 unspecified atom stereocenters. The van der Waals surface area contributed by atoms with Gasteiger partial charge in [-0.15, -0.1) is 0 Å². The largest absolute Gasteiger partial charge is 0.361 e. The van der Waals surface area contributed by atoms with E-state index >= 15 is 0 Å². The molecule has 5 rings (SSSR count). The maximum atomic E-state index is 12.5. The summed E-state index contributed by atoms with van der Waals surface area (Å²) >= 11 is 0. The molecule has 1 aliphatic heterocycles. The van der Waals surface area contributed by atoms with Gasteiger partial charge in [-0.25, -0.2) is 4.98 Å². The molecule has 3 heterocycles. The van der Waals surface area contributed by atoms with Crippen molar-refractivity contribution in [2.24, 2.45) is 5.92 Å². The molecule has 0 saturated heterocycles. The SMILES string of the molecule is CC(C)CC1NC(=O)Cn2c1nc1ccccc1c2=O.Cc1c[nH]c2ccccc12. The van der Waals surface area contributed by atoms with E-state index in [-0.39, 0.29) is 24.1 Å². The Hall–Kier alpha value is -3.41. The van der Waals surface area contributed by atoms with Gasteiger partial charge in [-0.3, -0.25) is 14.2 Å². The van der Waals surface area contributed by atoms with Crippen LogP contribution in [0.4, 0.5) is 0 Å². The monoisotopic (exact) mass is 402 g/mol. The van der Waals surface area contributed by atoms with Crippen LogP contribution in [0.25, 0.3) is 21.8 Å². The molecule has 30 heavy (non-hydrogen) atoms. The van der Waals surface area contributed by atoms with Crippen molar-refractivity contribution in [3.05, 3.63) is 76.5 Å². The number of aromatic amines is 1. The van der Waals surface area contributed by atoms with Crippen molar-refractivity contribution in [3.63, 3.8) is 0 Å². The molecule has 0 fully saturated rings. The van der Waals surface area contributed by atoms with Crippen molar-refractivity contribution in [1.29, 1.82) is 0 Å². The molecule has 154 valence electrons. The minimum absolute atomic E-state index is 0.0561. The summed E-state index contributed by atoms with van der Waals surface area (Å²) < 4.78 is 1.51. The highest BCUT2D eigenvalue weighted by molar-refractivity contribution is 5.82. The van der Waals surface area contributed by atoms with Crippen molar-refractivity contribution >= 4 is 27.7 Å². The zero-order valence-corrected chi connectivity index (χ0v) is 17.5. The third kappa shape index (κ3) is 3.85. The average Bonchev–Trinajstić information content (AvgIpc) is 3.10. The minimum atomic E-state index is -0.187. The van der Waals surface area contributed by atoms with E-state index in [1.54, 1.807) is 6.07 Å². The maximum Gasteiger partial charge on any atom is 0.261 e. The molecule has 0 bridgehead atoms. The van der Waals surface area contributed by atoms with Gasteiger partial charge in [0, 0.05) is 17.1 Å². The van der Waals surface area contributed by atoms with Crippen LogP contribution in [0.5, 0.6) is 0 Å². The van der Waals surface area contributed by atoms with Crippen LogP contribution >= 0.6 is 0 Å². The maximum absolute atomic E-state index is 12.5. The second kappa shape index (κ2) is 8.14.